The second-order valence-corrected chi connectivity index (χ2v) is 6.71. The molecule has 1 atom stereocenters. The molecule has 2 rings (SSSR count). The van der Waals surface area contributed by atoms with Gasteiger partial charge in [0.25, 0.3) is 0 Å². The van der Waals surface area contributed by atoms with Gasteiger partial charge in [-0.05, 0) is 50.5 Å². The van der Waals surface area contributed by atoms with Crippen molar-refractivity contribution in [2.24, 2.45) is 0 Å². The summed E-state index contributed by atoms with van der Waals surface area (Å²) in [5.41, 5.74) is 6.62. The van der Waals surface area contributed by atoms with Gasteiger partial charge in [-0.3, -0.25) is 0 Å². The van der Waals surface area contributed by atoms with Crippen LogP contribution in [0.4, 0.5) is 5.82 Å². The predicted octanol–water partition coefficient (Wildman–Crippen LogP) is 3.05. The molecule has 4 nitrogen and oxygen atoms in total. The van der Waals surface area contributed by atoms with Crippen molar-refractivity contribution in [3.05, 3.63) is 10.2 Å². The van der Waals surface area contributed by atoms with Crippen LogP contribution >= 0.6 is 15.9 Å². The van der Waals surface area contributed by atoms with Gasteiger partial charge in [-0.2, -0.15) is 5.10 Å². The van der Waals surface area contributed by atoms with E-state index >= 15 is 0 Å². The van der Waals surface area contributed by atoms with Gasteiger partial charge in [-0.1, -0.05) is 0 Å². The third-order valence-electron chi connectivity index (χ3n) is 3.37. The number of halogens is 1. The Labute approximate surface area is 111 Å². The fraction of sp³-hybridized carbons (Fsp3) is 0.750. The van der Waals surface area contributed by atoms with Crippen molar-refractivity contribution in [3.8, 4) is 0 Å². The fourth-order valence-electron chi connectivity index (χ4n) is 2.70. The van der Waals surface area contributed by atoms with Crippen LogP contribution in [-0.2, 0) is 4.74 Å². The Bertz CT molecular complexity index is 451. The van der Waals surface area contributed by atoms with Crippen LogP contribution in [0.2, 0.25) is 0 Å². The summed E-state index contributed by atoms with van der Waals surface area (Å²) in [4.78, 5) is 0. The van der Waals surface area contributed by atoms with E-state index in [0.29, 0.717) is 5.82 Å². The number of nitrogens with two attached hydrogens (primary N) is 1. The Balaban J connectivity index is 2.44. The zero-order chi connectivity index (χ0) is 13.0. The van der Waals surface area contributed by atoms with E-state index in [4.69, 9.17) is 10.5 Å². The van der Waals surface area contributed by atoms with Gasteiger partial charge in [-0.15, -0.1) is 0 Å². The van der Waals surface area contributed by atoms with E-state index in [1.54, 1.807) is 0 Å². The summed E-state index contributed by atoms with van der Waals surface area (Å²) >= 11 is 3.46. The molecule has 2 heterocycles. The summed E-state index contributed by atoms with van der Waals surface area (Å²) in [6, 6.07) is 0.169. The van der Waals surface area contributed by atoms with Crippen LogP contribution in [0.25, 0.3) is 0 Å². The maximum atomic E-state index is 6.09. The van der Waals surface area contributed by atoms with E-state index in [-0.39, 0.29) is 17.2 Å². The van der Waals surface area contributed by atoms with Gasteiger partial charge >= 0.3 is 0 Å². The summed E-state index contributed by atoms with van der Waals surface area (Å²) in [6.07, 6.45) is 0.914. The number of rotatable bonds is 1. The van der Waals surface area contributed by atoms with Gasteiger partial charge in [0.15, 0.2) is 0 Å². The Hall–Kier alpha value is -0.550. The van der Waals surface area contributed by atoms with Gasteiger partial charge < -0.3 is 10.5 Å². The van der Waals surface area contributed by atoms with E-state index in [2.05, 4.69) is 48.7 Å². The predicted molar refractivity (Wildman–Crippen MR) is 72.0 cm³/mol. The topological polar surface area (TPSA) is 53.1 Å². The summed E-state index contributed by atoms with van der Waals surface area (Å²) in [5.74, 6) is 0.682. The zero-order valence-electron chi connectivity index (χ0n) is 11.0. The molecule has 0 spiro atoms. The Kier molecular flexibility index (Phi) is 2.82. The van der Waals surface area contributed by atoms with Crippen LogP contribution in [0.3, 0.4) is 0 Å². The fourth-order valence-corrected chi connectivity index (χ4v) is 2.96. The number of anilines is 1. The normalized spacial score (nSPS) is 26.4. The Morgan fingerprint density at radius 3 is 2.35 bits per heavy atom. The third-order valence-corrected chi connectivity index (χ3v) is 4.35. The number of hydrogen-bond acceptors (Lipinski definition) is 3. The van der Waals surface area contributed by atoms with Crippen molar-refractivity contribution in [3.63, 3.8) is 0 Å². The summed E-state index contributed by atoms with van der Waals surface area (Å²) in [6.45, 7) is 10.4. The number of nitrogen functional groups attached to an aromatic ring is 1. The largest absolute Gasteiger partial charge is 0.383 e. The molecule has 2 N–H and O–H groups in total. The standard InChI is InChI=1S/C12H20BrN3O/c1-7-9(13)10(14)16(15-7)8-6-11(2,3)17-12(8,4)5/h8H,6,14H2,1-5H3. The quantitative estimate of drug-likeness (QED) is 0.867. The molecule has 1 aromatic heterocycles. The molecule has 1 saturated heterocycles. The molecule has 5 heteroatoms. The molecule has 17 heavy (non-hydrogen) atoms. The van der Waals surface area contributed by atoms with Crippen LogP contribution in [0, 0.1) is 6.92 Å². The van der Waals surface area contributed by atoms with E-state index in [1.165, 1.54) is 0 Å². The average molecular weight is 302 g/mol. The first-order chi connectivity index (χ1) is 7.64. The van der Waals surface area contributed by atoms with Gasteiger partial charge in [0.05, 0.1) is 27.4 Å². The monoisotopic (exact) mass is 301 g/mol. The first kappa shape index (κ1) is 12.9. The minimum Gasteiger partial charge on any atom is -0.383 e. The third kappa shape index (κ3) is 2.10. The van der Waals surface area contributed by atoms with Crippen LogP contribution in [0.1, 0.15) is 45.9 Å². The molecule has 0 bridgehead atoms. The number of nitrogens with zero attached hydrogens (tertiary/aromatic N) is 2. The highest BCUT2D eigenvalue weighted by atomic mass is 79.9. The molecule has 0 saturated carbocycles. The molecule has 0 aromatic carbocycles. The van der Waals surface area contributed by atoms with E-state index in [9.17, 15) is 0 Å². The number of hydrogen-bond donors (Lipinski definition) is 1. The minimum atomic E-state index is -0.254. The number of aromatic nitrogens is 2. The summed E-state index contributed by atoms with van der Waals surface area (Å²) in [5, 5.41) is 4.52. The average Bonchev–Trinajstić information content (AvgIpc) is 2.53. The Morgan fingerprint density at radius 1 is 1.41 bits per heavy atom. The molecule has 1 aromatic rings. The van der Waals surface area contributed by atoms with Crippen LogP contribution in [0.5, 0.6) is 0 Å². The van der Waals surface area contributed by atoms with Crippen LogP contribution in [0.15, 0.2) is 4.47 Å². The number of aryl methyl sites for hydroxylation is 1. The highest BCUT2D eigenvalue weighted by Crippen LogP contribution is 2.46. The highest BCUT2D eigenvalue weighted by molar-refractivity contribution is 9.10. The lowest BCUT2D eigenvalue weighted by atomic mass is 9.94. The second kappa shape index (κ2) is 3.72. The van der Waals surface area contributed by atoms with Crippen molar-refractivity contribution in [2.45, 2.75) is 58.3 Å². The molecular weight excluding hydrogens is 282 g/mol. The van der Waals surface area contributed by atoms with E-state index in [0.717, 1.165) is 16.6 Å². The summed E-state index contributed by atoms with van der Waals surface area (Å²) in [7, 11) is 0. The first-order valence-corrected chi connectivity index (χ1v) is 6.63. The lowest BCUT2D eigenvalue weighted by Crippen LogP contribution is -2.32. The molecule has 0 radical (unpaired) electrons. The minimum absolute atomic E-state index is 0.132. The van der Waals surface area contributed by atoms with Gasteiger partial charge in [0.1, 0.15) is 5.82 Å². The maximum Gasteiger partial charge on any atom is 0.136 e. The molecule has 1 aliphatic rings. The smallest absolute Gasteiger partial charge is 0.136 e. The maximum absolute atomic E-state index is 6.09. The van der Waals surface area contributed by atoms with Crippen LogP contribution in [-0.4, -0.2) is 21.0 Å². The van der Waals surface area contributed by atoms with E-state index < -0.39 is 0 Å². The lowest BCUT2D eigenvalue weighted by Gasteiger charge is -2.27. The van der Waals surface area contributed by atoms with E-state index in [1.807, 2.05) is 11.6 Å². The summed E-state index contributed by atoms with van der Waals surface area (Å²) < 4.78 is 8.86. The first-order valence-electron chi connectivity index (χ1n) is 5.84. The van der Waals surface area contributed by atoms with Crippen LogP contribution < -0.4 is 5.73 Å². The SMILES string of the molecule is Cc1nn(C2CC(C)(C)OC2(C)C)c(N)c1Br. The molecule has 1 aliphatic heterocycles. The molecular formula is C12H20BrN3O. The van der Waals surface area contributed by atoms with Crippen molar-refractivity contribution in [2.75, 3.05) is 5.73 Å². The lowest BCUT2D eigenvalue weighted by molar-refractivity contribution is -0.0736. The second-order valence-electron chi connectivity index (χ2n) is 5.91. The molecule has 0 aliphatic carbocycles. The van der Waals surface area contributed by atoms with Gasteiger partial charge in [0, 0.05) is 6.42 Å². The molecule has 1 unspecified atom stereocenters. The molecule has 0 amide bonds. The van der Waals surface area contributed by atoms with Crippen molar-refractivity contribution >= 4 is 21.7 Å². The van der Waals surface area contributed by atoms with Crippen molar-refractivity contribution in [1.82, 2.24) is 9.78 Å². The molecule has 1 fully saturated rings. The zero-order valence-corrected chi connectivity index (χ0v) is 12.6. The van der Waals surface area contributed by atoms with Gasteiger partial charge in [-0.25, -0.2) is 4.68 Å². The van der Waals surface area contributed by atoms with Gasteiger partial charge in [0.2, 0.25) is 0 Å². The van der Waals surface area contributed by atoms with Crippen molar-refractivity contribution < 1.29 is 4.74 Å². The number of ether oxygens (including phenoxy) is 1. The Morgan fingerprint density at radius 2 is 2.00 bits per heavy atom. The molecule has 96 valence electrons. The van der Waals surface area contributed by atoms with Crippen molar-refractivity contribution in [1.29, 1.82) is 0 Å². The highest BCUT2D eigenvalue weighted by Gasteiger charge is 2.48.